The first-order chi connectivity index (χ1) is 9.60. The van der Waals surface area contributed by atoms with E-state index in [-0.39, 0.29) is 11.7 Å². The number of halogens is 1. The van der Waals surface area contributed by atoms with E-state index < -0.39 is 5.91 Å². The van der Waals surface area contributed by atoms with Crippen molar-refractivity contribution in [1.82, 2.24) is 0 Å². The normalized spacial score (nSPS) is 10.1. The Bertz CT molecular complexity index is 623. The van der Waals surface area contributed by atoms with Crippen molar-refractivity contribution in [2.75, 3.05) is 10.6 Å². The number of anilines is 2. The summed E-state index contributed by atoms with van der Waals surface area (Å²) in [5.74, 6) is -0.337. The Hall–Kier alpha value is -2.27. The number of rotatable bonds is 4. The molecule has 0 radical (unpaired) electrons. The lowest BCUT2D eigenvalue weighted by atomic mass is 10.2. The summed E-state index contributed by atoms with van der Waals surface area (Å²) in [7, 11) is 0. The van der Waals surface area contributed by atoms with Gasteiger partial charge in [-0.15, -0.1) is 0 Å². The molecule has 0 spiro atoms. The van der Waals surface area contributed by atoms with Crippen LogP contribution in [0.15, 0.2) is 41.0 Å². The van der Waals surface area contributed by atoms with Crippen molar-refractivity contribution >= 4 is 34.8 Å². The van der Waals surface area contributed by atoms with E-state index in [1.165, 1.54) is 6.26 Å². The molecule has 1 aromatic heterocycles. The van der Waals surface area contributed by atoms with Crippen molar-refractivity contribution in [3.05, 3.63) is 47.4 Å². The molecule has 1 aromatic carbocycles. The van der Waals surface area contributed by atoms with Crippen LogP contribution < -0.4 is 10.6 Å². The Morgan fingerprint density at radius 3 is 2.70 bits per heavy atom. The van der Waals surface area contributed by atoms with Crippen LogP contribution in [0.3, 0.4) is 0 Å². The number of furan rings is 1. The molecule has 0 unspecified atom stereocenters. The quantitative estimate of drug-likeness (QED) is 0.905. The van der Waals surface area contributed by atoms with Crippen LogP contribution in [0.5, 0.6) is 0 Å². The number of nitrogens with one attached hydrogen (secondary N) is 2. The molecule has 5 nitrogen and oxygen atoms in total. The summed E-state index contributed by atoms with van der Waals surface area (Å²) in [4.78, 5) is 23.2. The van der Waals surface area contributed by atoms with Crippen molar-refractivity contribution in [3.63, 3.8) is 0 Å². The predicted octanol–water partition coefficient (Wildman–Crippen LogP) is 3.53. The summed E-state index contributed by atoms with van der Waals surface area (Å²) in [5, 5.41) is 5.70. The maximum Gasteiger partial charge on any atom is 0.291 e. The monoisotopic (exact) mass is 292 g/mol. The molecule has 0 saturated carbocycles. The molecule has 0 aliphatic carbocycles. The van der Waals surface area contributed by atoms with Crippen LogP contribution in [0.1, 0.15) is 23.9 Å². The molecule has 0 aliphatic rings. The molecule has 2 aromatic rings. The molecule has 0 saturated heterocycles. The highest BCUT2D eigenvalue weighted by Crippen LogP contribution is 2.26. The van der Waals surface area contributed by atoms with E-state index in [0.29, 0.717) is 22.8 Å². The summed E-state index contributed by atoms with van der Waals surface area (Å²) in [6.45, 7) is 1.75. The average Bonchev–Trinajstić information content (AvgIpc) is 2.96. The van der Waals surface area contributed by atoms with Crippen LogP contribution in [0, 0.1) is 0 Å². The second kappa shape index (κ2) is 6.25. The van der Waals surface area contributed by atoms with Crippen molar-refractivity contribution < 1.29 is 14.0 Å². The number of benzene rings is 1. The fraction of sp³-hybridized carbons (Fsp3) is 0.143. The molecule has 1 heterocycles. The van der Waals surface area contributed by atoms with Gasteiger partial charge in [-0.25, -0.2) is 0 Å². The molecule has 2 rings (SSSR count). The molecule has 6 heteroatoms. The van der Waals surface area contributed by atoms with Crippen LogP contribution in [0.2, 0.25) is 5.02 Å². The van der Waals surface area contributed by atoms with Crippen molar-refractivity contribution in [3.8, 4) is 0 Å². The minimum Gasteiger partial charge on any atom is -0.459 e. The fourth-order valence-corrected chi connectivity index (χ4v) is 1.70. The first-order valence-corrected chi connectivity index (χ1v) is 6.42. The molecule has 0 fully saturated rings. The number of hydrogen-bond donors (Lipinski definition) is 2. The molecular weight excluding hydrogens is 280 g/mol. The second-order valence-corrected chi connectivity index (χ2v) is 4.43. The van der Waals surface area contributed by atoms with E-state index in [4.69, 9.17) is 16.0 Å². The lowest BCUT2D eigenvalue weighted by Gasteiger charge is -2.09. The third-order valence-corrected chi connectivity index (χ3v) is 2.89. The Labute approximate surface area is 120 Å². The minimum absolute atomic E-state index is 0.115. The van der Waals surface area contributed by atoms with Gasteiger partial charge in [-0.2, -0.15) is 0 Å². The summed E-state index contributed by atoms with van der Waals surface area (Å²) in [6.07, 6.45) is 1.78. The molecule has 0 atom stereocenters. The van der Waals surface area contributed by atoms with Crippen LogP contribution >= 0.6 is 11.6 Å². The van der Waals surface area contributed by atoms with Gasteiger partial charge in [0.25, 0.3) is 5.91 Å². The van der Waals surface area contributed by atoms with Gasteiger partial charge in [0.2, 0.25) is 5.91 Å². The van der Waals surface area contributed by atoms with Crippen LogP contribution in [-0.2, 0) is 4.79 Å². The van der Waals surface area contributed by atoms with Gasteiger partial charge in [0, 0.05) is 12.1 Å². The lowest BCUT2D eigenvalue weighted by molar-refractivity contribution is -0.115. The topological polar surface area (TPSA) is 71.3 Å². The smallest absolute Gasteiger partial charge is 0.291 e. The zero-order valence-electron chi connectivity index (χ0n) is 10.8. The number of carbonyl (C=O) groups excluding carboxylic acids is 2. The molecular formula is C14H13ClN2O3. The maximum absolute atomic E-state index is 11.9. The molecule has 2 N–H and O–H groups in total. The standard InChI is InChI=1S/C14H13ClN2O3/c1-2-13(18)16-9-5-6-10(15)11(8-9)17-14(19)12-4-3-7-20-12/h3-8H,2H2,1H3,(H,16,18)(H,17,19). The number of hydrogen-bond acceptors (Lipinski definition) is 3. The Morgan fingerprint density at radius 2 is 2.05 bits per heavy atom. The third kappa shape index (κ3) is 3.39. The molecule has 0 aliphatic heterocycles. The zero-order valence-corrected chi connectivity index (χ0v) is 11.5. The van der Waals surface area contributed by atoms with Gasteiger partial charge in [-0.1, -0.05) is 18.5 Å². The van der Waals surface area contributed by atoms with E-state index in [0.717, 1.165) is 0 Å². The first kappa shape index (κ1) is 14.1. The van der Waals surface area contributed by atoms with Gasteiger partial charge in [-0.3, -0.25) is 9.59 Å². The Balaban J connectivity index is 2.16. The summed E-state index contributed by atoms with van der Waals surface area (Å²) < 4.78 is 4.99. The lowest BCUT2D eigenvalue weighted by Crippen LogP contribution is -2.13. The van der Waals surface area contributed by atoms with Crippen LogP contribution in [-0.4, -0.2) is 11.8 Å². The van der Waals surface area contributed by atoms with Gasteiger partial charge in [-0.05, 0) is 30.3 Å². The van der Waals surface area contributed by atoms with Crippen molar-refractivity contribution in [2.24, 2.45) is 0 Å². The highest BCUT2D eigenvalue weighted by atomic mass is 35.5. The van der Waals surface area contributed by atoms with E-state index in [9.17, 15) is 9.59 Å². The van der Waals surface area contributed by atoms with Crippen LogP contribution in [0.25, 0.3) is 0 Å². The Kier molecular flexibility index (Phi) is 4.42. The van der Waals surface area contributed by atoms with Gasteiger partial charge in [0.15, 0.2) is 5.76 Å². The minimum atomic E-state index is -0.407. The third-order valence-electron chi connectivity index (χ3n) is 2.56. The van der Waals surface area contributed by atoms with Crippen molar-refractivity contribution in [2.45, 2.75) is 13.3 Å². The summed E-state index contributed by atoms with van der Waals surface area (Å²) in [5.41, 5.74) is 0.970. The number of carbonyl (C=O) groups is 2. The number of amides is 2. The van der Waals surface area contributed by atoms with Gasteiger partial charge < -0.3 is 15.1 Å². The van der Waals surface area contributed by atoms with Gasteiger partial charge in [0.1, 0.15) is 0 Å². The van der Waals surface area contributed by atoms with Crippen LogP contribution in [0.4, 0.5) is 11.4 Å². The highest BCUT2D eigenvalue weighted by molar-refractivity contribution is 6.34. The predicted molar refractivity (Wildman–Crippen MR) is 77.0 cm³/mol. The van der Waals surface area contributed by atoms with E-state index in [1.807, 2.05) is 0 Å². The van der Waals surface area contributed by atoms with Crippen molar-refractivity contribution in [1.29, 1.82) is 0 Å². The molecule has 0 bridgehead atoms. The molecule has 20 heavy (non-hydrogen) atoms. The van der Waals surface area contributed by atoms with Gasteiger partial charge >= 0.3 is 0 Å². The molecule has 104 valence electrons. The zero-order chi connectivity index (χ0) is 14.5. The molecule has 2 amide bonds. The average molecular weight is 293 g/mol. The van der Waals surface area contributed by atoms with E-state index >= 15 is 0 Å². The maximum atomic E-state index is 11.9. The summed E-state index contributed by atoms with van der Waals surface area (Å²) >= 11 is 6.01. The summed E-state index contributed by atoms with van der Waals surface area (Å²) in [6, 6.07) is 8.03. The largest absolute Gasteiger partial charge is 0.459 e. The fourth-order valence-electron chi connectivity index (χ4n) is 1.54. The second-order valence-electron chi connectivity index (χ2n) is 4.03. The van der Waals surface area contributed by atoms with Gasteiger partial charge in [0.05, 0.1) is 17.0 Å². The highest BCUT2D eigenvalue weighted by Gasteiger charge is 2.11. The SMILES string of the molecule is CCC(=O)Nc1ccc(Cl)c(NC(=O)c2ccco2)c1. The first-order valence-electron chi connectivity index (χ1n) is 6.04. The van der Waals surface area contributed by atoms with E-state index in [2.05, 4.69) is 10.6 Å². The Morgan fingerprint density at radius 1 is 1.25 bits per heavy atom. The van der Waals surface area contributed by atoms with E-state index in [1.54, 1.807) is 37.3 Å².